The second kappa shape index (κ2) is 9.18. The van der Waals surface area contributed by atoms with Gasteiger partial charge in [0.15, 0.2) is 20.7 Å². The van der Waals surface area contributed by atoms with Gasteiger partial charge >= 0.3 is 11.7 Å². The van der Waals surface area contributed by atoms with Crippen LogP contribution in [0.2, 0.25) is 0 Å². The molecule has 3 heterocycles. The van der Waals surface area contributed by atoms with Gasteiger partial charge in [-0.15, -0.1) is 10.2 Å². The predicted molar refractivity (Wildman–Crippen MR) is 127 cm³/mol. The van der Waals surface area contributed by atoms with Gasteiger partial charge in [0.1, 0.15) is 11.5 Å². The highest BCUT2D eigenvalue weighted by molar-refractivity contribution is 8.01. The maximum atomic E-state index is 12.5. The first-order chi connectivity index (χ1) is 16.2. The summed E-state index contributed by atoms with van der Waals surface area (Å²) in [5, 5.41) is 14.1. The molecule has 13 nitrogen and oxygen atoms in total. The van der Waals surface area contributed by atoms with Gasteiger partial charge in [0, 0.05) is 45.0 Å². The zero-order chi connectivity index (χ0) is 24.6. The number of nitrogens with zero attached hydrogens (tertiary/aromatic N) is 6. The van der Waals surface area contributed by atoms with E-state index in [1.165, 1.54) is 25.8 Å². The Kier molecular flexibility index (Phi) is 6.30. The van der Waals surface area contributed by atoms with Crippen LogP contribution in [0.1, 0.15) is 0 Å². The summed E-state index contributed by atoms with van der Waals surface area (Å²) in [5.41, 5.74) is 0.136. The Morgan fingerprint density at radius 3 is 2.29 bits per heavy atom. The minimum absolute atomic E-state index is 0.261. The lowest BCUT2D eigenvalue weighted by Crippen LogP contribution is -2.37. The standard InChI is InChI=1S/C19H20N8O5S2/c1-25-12-13(26(2)19(30)27(3)14(12)28)21-17(25)34-18-24-23-16(33-18)22-15(29)20-9-6-10(31-4)8-11(7-9)32-5/h6-8H,1-5H3,(H2,20,22,23,29). The average molecular weight is 505 g/mol. The van der Waals surface area contributed by atoms with Crippen LogP contribution in [-0.2, 0) is 21.1 Å². The molecule has 3 aromatic heterocycles. The lowest BCUT2D eigenvalue weighted by Gasteiger charge is -2.09. The van der Waals surface area contributed by atoms with Crippen LogP contribution < -0.4 is 31.4 Å². The fourth-order valence-electron chi connectivity index (χ4n) is 3.11. The van der Waals surface area contributed by atoms with Crippen molar-refractivity contribution in [3.63, 3.8) is 0 Å². The van der Waals surface area contributed by atoms with Crippen LogP contribution >= 0.6 is 23.1 Å². The summed E-state index contributed by atoms with van der Waals surface area (Å²) in [7, 11) is 7.68. The van der Waals surface area contributed by atoms with Crippen molar-refractivity contribution in [2.75, 3.05) is 24.9 Å². The smallest absolute Gasteiger partial charge is 0.332 e. The van der Waals surface area contributed by atoms with Crippen LogP contribution in [0.25, 0.3) is 11.2 Å². The van der Waals surface area contributed by atoms with Crippen molar-refractivity contribution in [3.05, 3.63) is 39.0 Å². The zero-order valence-electron chi connectivity index (χ0n) is 18.8. The first-order valence-electron chi connectivity index (χ1n) is 9.66. The minimum atomic E-state index is -0.524. The van der Waals surface area contributed by atoms with Gasteiger partial charge in [-0.05, 0) is 11.8 Å². The third-order valence-corrected chi connectivity index (χ3v) is 6.79. The number of hydrogen-bond donors (Lipinski definition) is 2. The summed E-state index contributed by atoms with van der Waals surface area (Å²) in [6.45, 7) is 0. The molecule has 15 heteroatoms. The topological polar surface area (TPSA) is 147 Å². The second-order valence-corrected chi connectivity index (χ2v) is 9.18. The molecule has 0 saturated heterocycles. The molecule has 0 radical (unpaired) electrons. The number of ether oxygens (including phenoxy) is 2. The Bertz CT molecular complexity index is 1500. The van der Waals surface area contributed by atoms with E-state index in [2.05, 4.69) is 25.8 Å². The highest BCUT2D eigenvalue weighted by Crippen LogP contribution is 2.32. The van der Waals surface area contributed by atoms with E-state index in [0.717, 1.165) is 27.7 Å². The number of rotatable bonds is 6. The molecule has 0 fully saturated rings. The molecule has 0 saturated carbocycles. The number of aromatic nitrogens is 6. The lowest BCUT2D eigenvalue weighted by atomic mass is 10.3. The molecule has 4 rings (SSSR count). The normalized spacial score (nSPS) is 11.0. The summed E-state index contributed by atoms with van der Waals surface area (Å²) in [4.78, 5) is 41.5. The van der Waals surface area contributed by atoms with Crippen molar-refractivity contribution >= 4 is 51.1 Å². The van der Waals surface area contributed by atoms with Gasteiger partial charge < -0.3 is 19.4 Å². The largest absolute Gasteiger partial charge is 0.497 e. The molecule has 2 N–H and O–H groups in total. The maximum absolute atomic E-state index is 12.5. The molecule has 0 aliphatic carbocycles. The Labute approximate surface area is 200 Å². The van der Waals surface area contributed by atoms with E-state index in [9.17, 15) is 14.4 Å². The Balaban J connectivity index is 1.51. The molecule has 0 spiro atoms. The summed E-state index contributed by atoms with van der Waals surface area (Å²) in [6, 6.07) is 4.45. The number of fused-ring (bicyclic) bond motifs is 1. The molecule has 34 heavy (non-hydrogen) atoms. The first kappa shape index (κ1) is 23.3. The molecular weight excluding hydrogens is 484 g/mol. The molecule has 0 unspecified atom stereocenters. The molecule has 1 aromatic carbocycles. The van der Waals surface area contributed by atoms with Gasteiger partial charge in [0.05, 0.1) is 14.2 Å². The van der Waals surface area contributed by atoms with Crippen molar-refractivity contribution in [2.24, 2.45) is 21.1 Å². The minimum Gasteiger partial charge on any atom is -0.497 e. The number of methoxy groups -OCH3 is 2. The molecule has 0 atom stereocenters. The first-order valence-corrected chi connectivity index (χ1v) is 11.3. The quantitative estimate of drug-likeness (QED) is 0.374. The number of amides is 2. The molecule has 0 aliphatic heterocycles. The third kappa shape index (κ3) is 4.34. The van der Waals surface area contributed by atoms with Crippen LogP contribution in [0.3, 0.4) is 0 Å². The Hall–Kier alpha value is -3.85. The zero-order valence-corrected chi connectivity index (χ0v) is 20.4. The van der Waals surface area contributed by atoms with Crippen LogP contribution in [0.15, 0.2) is 37.3 Å². The number of aryl methyl sites for hydroxylation is 2. The number of nitrogens with one attached hydrogen (secondary N) is 2. The number of anilines is 2. The van der Waals surface area contributed by atoms with Crippen LogP contribution in [0, 0.1) is 0 Å². The average Bonchev–Trinajstić information content (AvgIpc) is 3.39. The highest BCUT2D eigenvalue weighted by atomic mass is 32.2. The van der Waals surface area contributed by atoms with Crippen molar-refractivity contribution < 1.29 is 14.3 Å². The summed E-state index contributed by atoms with van der Waals surface area (Å²) in [5.74, 6) is 1.05. The van der Waals surface area contributed by atoms with E-state index < -0.39 is 17.3 Å². The predicted octanol–water partition coefficient (Wildman–Crippen LogP) is 1.63. The number of carbonyl (C=O) groups excluding carboxylic acids is 1. The number of hydrogen-bond acceptors (Lipinski definition) is 10. The molecule has 0 bridgehead atoms. The summed E-state index contributed by atoms with van der Waals surface area (Å²) >= 11 is 2.29. The molecule has 178 valence electrons. The fraction of sp³-hybridized carbons (Fsp3) is 0.263. The van der Waals surface area contributed by atoms with Crippen molar-refractivity contribution in [1.29, 1.82) is 0 Å². The van der Waals surface area contributed by atoms with E-state index in [0.29, 0.717) is 32.2 Å². The van der Waals surface area contributed by atoms with Crippen LogP contribution in [-0.4, -0.2) is 49.1 Å². The fourth-order valence-corrected chi connectivity index (χ4v) is 4.81. The van der Waals surface area contributed by atoms with E-state index in [4.69, 9.17) is 9.47 Å². The van der Waals surface area contributed by atoms with E-state index in [-0.39, 0.29) is 10.8 Å². The van der Waals surface area contributed by atoms with E-state index in [1.807, 2.05) is 0 Å². The Morgan fingerprint density at radius 1 is 0.971 bits per heavy atom. The van der Waals surface area contributed by atoms with Crippen molar-refractivity contribution in [2.45, 2.75) is 9.50 Å². The van der Waals surface area contributed by atoms with Crippen molar-refractivity contribution in [1.82, 2.24) is 28.9 Å². The van der Waals surface area contributed by atoms with E-state index in [1.54, 1.807) is 36.9 Å². The van der Waals surface area contributed by atoms with Gasteiger partial charge in [-0.1, -0.05) is 11.3 Å². The highest BCUT2D eigenvalue weighted by Gasteiger charge is 2.19. The number of urea groups is 1. The SMILES string of the molecule is COc1cc(NC(=O)Nc2nnc(Sc3nc4c(c(=O)n(C)c(=O)n4C)n3C)s2)cc(OC)c1. The molecule has 4 aromatic rings. The van der Waals surface area contributed by atoms with Gasteiger partial charge in [0.2, 0.25) is 5.13 Å². The number of carbonyl (C=O) groups is 1. The van der Waals surface area contributed by atoms with Crippen LogP contribution in [0.4, 0.5) is 15.6 Å². The summed E-state index contributed by atoms with van der Waals surface area (Å²) < 4.78 is 14.8. The third-order valence-electron chi connectivity index (χ3n) is 4.85. The lowest BCUT2D eigenvalue weighted by molar-refractivity contribution is 0.262. The van der Waals surface area contributed by atoms with Gasteiger partial charge in [0.25, 0.3) is 5.56 Å². The van der Waals surface area contributed by atoms with Crippen LogP contribution in [0.5, 0.6) is 11.5 Å². The second-order valence-electron chi connectivity index (χ2n) is 6.99. The summed E-state index contributed by atoms with van der Waals surface area (Å²) in [6.07, 6.45) is 0. The van der Waals surface area contributed by atoms with Gasteiger partial charge in [-0.3, -0.25) is 19.2 Å². The maximum Gasteiger partial charge on any atom is 0.332 e. The van der Waals surface area contributed by atoms with Gasteiger partial charge in [-0.25, -0.2) is 14.6 Å². The van der Waals surface area contributed by atoms with E-state index >= 15 is 0 Å². The molecular formula is C19H20N8O5S2. The molecule has 2 amide bonds. The monoisotopic (exact) mass is 504 g/mol. The molecule has 0 aliphatic rings. The number of imidazole rings is 1. The Morgan fingerprint density at radius 2 is 1.65 bits per heavy atom. The van der Waals surface area contributed by atoms with Gasteiger partial charge in [-0.2, -0.15) is 0 Å². The van der Waals surface area contributed by atoms with Crippen molar-refractivity contribution in [3.8, 4) is 11.5 Å². The number of benzene rings is 1.